The SMILES string of the molecule is NCC(OCc1ccc(Br)cc1)c1ccc(F)cc1. The van der Waals surface area contributed by atoms with Gasteiger partial charge in [-0.25, -0.2) is 4.39 Å². The molecular formula is C15H15BrFNO. The summed E-state index contributed by atoms with van der Waals surface area (Å²) in [5.74, 6) is -0.257. The molecule has 0 heterocycles. The van der Waals surface area contributed by atoms with Gasteiger partial charge in [0.25, 0.3) is 0 Å². The summed E-state index contributed by atoms with van der Waals surface area (Å²) in [6, 6.07) is 14.2. The molecule has 0 amide bonds. The van der Waals surface area contributed by atoms with E-state index in [1.165, 1.54) is 12.1 Å². The molecule has 0 aliphatic heterocycles. The van der Waals surface area contributed by atoms with Gasteiger partial charge in [0, 0.05) is 11.0 Å². The first-order chi connectivity index (χ1) is 9.19. The molecule has 2 aromatic rings. The van der Waals surface area contributed by atoms with Crippen LogP contribution in [0.3, 0.4) is 0 Å². The van der Waals surface area contributed by atoms with E-state index in [1.54, 1.807) is 12.1 Å². The van der Waals surface area contributed by atoms with Gasteiger partial charge in [-0.05, 0) is 35.4 Å². The maximum absolute atomic E-state index is 12.9. The lowest BCUT2D eigenvalue weighted by Crippen LogP contribution is -2.15. The lowest BCUT2D eigenvalue weighted by Gasteiger charge is -2.16. The molecule has 0 aromatic heterocycles. The van der Waals surface area contributed by atoms with Crippen LogP contribution in [0.4, 0.5) is 4.39 Å². The normalized spacial score (nSPS) is 12.4. The number of rotatable bonds is 5. The third-order valence-corrected chi connectivity index (χ3v) is 3.35. The first-order valence-electron chi connectivity index (χ1n) is 6.00. The zero-order valence-electron chi connectivity index (χ0n) is 10.4. The van der Waals surface area contributed by atoms with Crippen molar-refractivity contribution in [2.45, 2.75) is 12.7 Å². The summed E-state index contributed by atoms with van der Waals surface area (Å²) in [7, 11) is 0. The highest BCUT2D eigenvalue weighted by molar-refractivity contribution is 9.10. The van der Waals surface area contributed by atoms with Gasteiger partial charge in [0.05, 0.1) is 12.7 Å². The van der Waals surface area contributed by atoms with Crippen LogP contribution in [-0.2, 0) is 11.3 Å². The van der Waals surface area contributed by atoms with E-state index < -0.39 is 0 Å². The standard InChI is InChI=1S/C15H15BrFNO/c16-13-5-1-11(2-6-13)10-19-15(9-18)12-3-7-14(17)8-4-12/h1-8,15H,9-10,18H2. The molecule has 0 aliphatic carbocycles. The topological polar surface area (TPSA) is 35.2 Å². The molecule has 2 rings (SSSR count). The lowest BCUT2D eigenvalue weighted by atomic mass is 10.1. The monoisotopic (exact) mass is 323 g/mol. The molecule has 0 radical (unpaired) electrons. The van der Waals surface area contributed by atoms with Gasteiger partial charge < -0.3 is 10.5 Å². The predicted molar refractivity (Wildman–Crippen MR) is 77.1 cm³/mol. The van der Waals surface area contributed by atoms with Crippen LogP contribution in [0, 0.1) is 5.82 Å². The van der Waals surface area contributed by atoms with E-state index in [0.717, 1.165) is 15.6 Å². The molecule has 19 heavy (non-hydrogen) atoms. The third kappa shape index (κ3) is 4.13. The molecule has 2 N–H and O–H groups in total. The number of nitrogens with two attached hydrogens (primary N) is 1. The fourth-order valence-corrected chi connectivity index (χ4v) is 2.02. The van der Waals surface area contributed by atoms with E-state index in [1.807, 2.05) is 24.3 Å². The van der Waals surface area contributed by atoms with E-state index >= 15 is 0 Å². The fourth-order valence-electron chi connectivity index (χ4n) is 1.76. The Morgan fingerprint density at radius 2 is 1.68 bits per heavy atom. The maximum atomic E-state index is 12.9. The van der Waals surface area contributed by atoms with Gasteiger partial charge in [-0.1, -0.05) is 40.2 Å². The van der Waals surface area contributed by atoms with Crippen molar-refractivity contribution in [2.75, 3.05) is 6.54 Å². The Morgan fingerprint density at radius 1 is 1.05 bits per heavy atom. The van der Waals surface area contributed by atoms with Crippen LogP contribution in [0.1, 0.15) is 17.2 Å². The van der Waals surface area contributed by atoms with Gasteiger partial charge in [-0.15, -0.1) is 0 Å². The smallest absolute Gasteiger partial charge is 0.123 e. The van der Waals surface area contributed by atoms with Crippen molar-refractivity contribution in [3.63, 3.8) is 0 Å². The first kappa shape index (κ1) is 14.2. The van der Waals surface area contributed by atoms with Crippen molar-refractivity contribution in [3.05, 3.63) is 69.9 Å². The van der Waals surface area contributed by atoms with Crippen LogP contribution in [-0.4, -0.2) is 6.54 Å². The summed E-state index contributed by atoms with van der Waals surface area (Å²) in [5.41, 5.74) is 7.67. The van der Waals surface area contributed by atoms with Gasteiger partial charge in [-0.2, -0.15) is 0 Å². The van der Waals surface area contributed by atoms with Gasteiger partial charge in [-0.3, -0.25) is 0 Å². The molecule has 4 heteroatoms. The molecule has 2 nitrogen and oxygen atoms in total. The first-order valence-corrected chi connectivity index (χ1v) is 6.80. The number of hydrogen-bond acceptors (Lipinski definition) is 2. The molecular weight excluding hydrogens is 309 g/mol. The molecule has 2 aromatic carbocycles. The molecule has 1 atom stereocenters. The van der Waals surface area contributed by atoms with Crippen LogP contribution >= 0.6 is 15.9 Å². The summed E-state index contributed by atoms with van der Waals surface area (Å²) in [6.45, 7) is 0.842. The van der Waals surface area contributed by atoms with Crippen LogP contribution in [0.15, 0.2) is 53.0 Å². The minimum Gasteiger partial charge on any atom is -0.368 e. The Kier molecular flexibility index (Phi) is 5.07. The molecule has 0 spiro atoms. The minimum absolute atomic E-state index is 0.218. The second-order valence-corrected chi connectivity index (χ2v) is 5.13. The van der Waals surface area contributed by atoms with E-state index in [0.29, 0.717) is 13.2 Å². The van der Waals surface area contributed by atoms with Crippen molar-refractivity contribution in [3.8, 4) is 0 Å². The molecule has 100 valence electrons. The highest BCUT2D eigenvalue weighted by atomic mass is 79.9. The lowest BCUT2D eigenvalue weighted by molar-refractivity contribution is 0.0456. The summed E-state index contributed by atoms with van der Waals surface area (Å²) in [6.07, 6.45) is -0.218. The van der Waals surface area contributed by atoms with Gasteiger partial charge >= 0.3 is 0 Å². The molecule has 0 aliphatic rings. The Balaban J connectivity index is 1.99. The average Bonchev–Trinajstić information content (AvgIpc) is 2.43. The summed E-state index contributed by atoms with van der Waals surface area (Å²) < 4.78 is 19.7. The third-order valence-electron chi connectivity index (χ3n) is 2.82. The largest absolute Gasteiger partial charge is 0.368 e. The van der Waals surface area contributed by atoms with Gasteiger partial charge in [0.1, 0.15) is 5.82 Å². The van der Waals surface area contributed by atoms with Crippen molar-refractivity contribution in [2.24, 2.45) is 5.73 Å². The van der Waals surface area contributed by atoms with Crippen molar-refractivity contribution < 1.29 is 9.13 Å². The molecule has 0 saturated heterocycles. The van der Waals surface area contributed by atoms with Crippen LogP contribution in [0.25, 0.3) is 0 Å². The Hall–Kier alpha value is -1.23. The summed E-state index contributed by atoms with van der Waals surface area (Å²) >= 11 is 3.39. The highest BCUT2D eigenvalue weighted by Gasteiger charge is 2.10. The van der Waals surface area contributed by atoms with Crippen LogP contribution in [0.2, 0.25) is 0 Å². The molecule has 1 unspecified atom stereocenters. The van der Waals surface area contributed by atoms with Gasteiger partial charge in [0.15, 0.2) is 0 Å². The van der Waals surface area contributed by atoms with E-state index in [-0.39, 0.29) is 11.9 Å². The van der Waals surface area contributed by atoms with Crippen molar-refractivity contribution in [1.29, 1.82) is 0 Å². The van der Waals surface area contributed by atoms with Crippen LogP contribution < -0.4 is 5.73 Å². The maximum Gasteiger partial charge on any atom is 0.123 e. The Labute approximate surface area is 120 Å². The Morgan fingerprint density at radius 3 is 2.26 bits per heavy atom. The zero-order chi connectivity index (χ0) is 13.7. The quantitative estimate of drug-likeness (QED) is 0.908. The number of halogens is 2. The molecule has 0 bridgehead atoms. The minimum atomic E-state index is -0.257. The highest BCUT2D eigenvalue weighted by Crippen LogP contribution is 2.19. The number of ether oxygens (including phenoxy) is 1. The van der Waals surface area contributed by atoms with E-state index in [2.05, 4.69) is 15.9 Å². The fraction of sp³-hybridized carbons (Fsp3) is 0.200. The van der Waals surface area contributed by atoms with Crippen molar-refractivity contribution >= 4 is 15.9 Å². The summed E-state index contributed by atoms with van der Waals surface area (Å²) in [4.78, 5) is 0. The van der Waals surface area contributed by atoms with Crippen LogP contribution in [0.5, 0.6) is 0 Å². The van der Waals surface area contributed by atoms with Gasteiger partial charge in [0.2, 0.25) is 0 Å². The average molecular weight is 324 g/mol. The van der Waals surface area contributed by atoms with E-state index in [9.17, 15) is 4.39 Å². The van der Waals surface area contributed by atoms with E-state index in [4.69, 9.17) is 10.5 Å². The second kappa shape index (κ2) is 6.80. The zero-order valence-corrected chi connectivity index (χ0v) is 11.9. The Bertz CT molecular complexity index is 513. The number of hydrogen-bond donors (Lipinski definition) is 1. The van der Waals surface area contributed by atoms with Crippen molar-refractivity contribution in [1.82, 2.24) is 0 Å². The predicted octanol–water partition coefficient (Wildman–Crippen LogP) is 3.80. The summed E-state index contributed by atoms with van der Waals surface area (Å²) in [5, 5.41) is 0. The molecule has 0 saturated carbocycles. The molecule has 0 fully saturated rings. The second-order valence-electron chi connectivity index (χ2n) is 4.21. The number of benzene rings is 2.